The van der Waals surface area contributed by atoms with Gasteiger partial charge in [0, 0.05) is 49.4 Å². The van der Waals surface area contributed by atoms with Crippen LogP contribution in [0.5, 0.6) is 5.75 Å². The van der Waals surface area contributed by atoms with E-state index in [9.17, 15) is 18.0 Å². The molecule has 3 rings (SSSR count). The van der Waals surface area contributed by atoms with Crippen LogP contribution in [-0.2, 0) is 10.2 Å². The van der Waals surface area contributed by atoms with Crippen LogP contribution in [0.3, 0.4) is 0 Å². The second-order valence-electron chi connectivity index (χ2n) is 11.9. The Bertz CT molecular complexity index is 1220. The summed E-state index contributed by atoms with van der Waals surface area (Å²) < 4.78 is 46.5. The number of allylic oxidation sites excluding steroid dienone is 1. The molecule has 0 saturated carbocycles. The summed E-state index contributed by atoms with van der Waals surface area (Å²) in [5.41, 5.74) is 3.70. The second kappa shape index (κ2) is 23.8. The van der Waals surface area contributed by atoms with E-state index in [0.717, 1.165) is 62.1 Å². The highest BCUT2D eigenvalue weighted by Gasteiger charge is 2.25. The molecule has 2 atom stereocenters. The zero-order valence-corrected chi connectivity index (χ0v) is 30.8. The fourth-order valence-corrected chi connectivity index (χ4v) is 4.70. The number of alkyl halides is 3. The lowest BCUT2D eigenvalue weighted by Crippen LogP contribution is -2.45. The molecule has 6 nitrogen and oxygen atoms in total. The fourth-order valence-electron chi connectivity index (χ4n) is 4.70. The summed E-state index contributed by atoms with van der Waals surface area (Å²) in [7, 11) is 0. The SMILES string of the molecule is C=C.CC.CC/C=C\N=CCC(F)(F)F.CCC(C)(C)c1ccc(NC(=O)c2ccc(C)cc2)cc1OCCCN1CC(C)OC(C)C1. The molecule has 0 bridgehead atoms. The highest BCUT2D eigenvalue weighted by Crippen LogP contribution is 2.36. The van der Waals surface area contributed by atoms with Crippen molar-refractivity contribution in [3.05, 3.63) is 84.6 Å². The monoisotopic (exact) mass is 675 g/mol. The number of morpholine rings is 1. The standard InChI is InChI=1S/C28H40N2O3.C7H10F3N.C2H6.C2H4/c1-7-28(5,6)25-14-13-24(29-27(31)23-11-9-20(2)10-12-23)17-26(25)32-16-8-15-30-18-21(3)33-22(4)19-30;1-2-3-5-11-6-4-7(8,9)10;2*1-2/h9-14,17,21-22H,7-8,15-16,18-19H2,1-6H3,(H,29,31);3,5-6H,2,4H2,1H3;1-2H3;1-2H2/b;5-3-,11-6?;;. The number of rotatable bonds is 12. The first-order chi connectivity index (χ1) is 22.7. The highest BCUT2D eigenvalue weighted by molar-refractivity contribution is 6.04. The summed E-state index contributed by atoms with van der Waals surface area (Å²) in [6.45, 7) is 28.4. The predicted molar refractivity (Wildman–Crippen MR) is 197 cm³/mol. The number of halogens is 3. The molecule has 1 fully saturated rings. The topological polar surface area (TPSA) is 63.2 Å². The van der Waals surface area contributed by atoms with Crippen molar-refractivity contribution in [1.82, 2.24) is 4.90 Å². The van der Waals surface area contributed by atoms with Crippen LogP contribution >= 0.6 is 0 Å². The van der Waals surface area contributed by atoms with Crippen LogP contribution < -0.4 is 10.1 Å². The maximum absolute atomic E-state index is 12.7. The number of hydrogen-bond acceptors (Lipinski definition) is 5. The van der Waals surface area contributed by atoms with E-state index in [-0.39, 0.29) is 23.5 Å². The highest BCUT2D eigenvalue weighted by atomic mass is 19.4. The third-order valence-electron chi connectivity index (χ3n) is 7.39. The average Bonchev–Trinajstić information content (AvgIpc) is 3.04. The van der Waals surface area contributed by atoms with Crippen molar-refractivity contribution >= 4 is 17.8 Å². The molecule has 1 heterocycles. The van der Waals surface area contributed by atoms with Gasteiger partial charge in [-0.1, -0.05) is 71.4 Å². The van der Waals surface area contributed by atoms with E-state index in [2.05, 4.69) is 69.1 Å². The summed E-state index contributed by atoms with van der Waals surface area (Å²) in [6, 6.07) is 13.6. The van der Waals surface area contributed by atoms with Crippen LogP contribution in [0.1, 0.15) is 103 Å². The van der Waals surface area contributed by atoms with Gasteiger partial charge in [0.2, 0.25) is 0 Å². The molecular formula is C39H60F3N3O3. The molecule has 2 aromatic carbocycles. The summed E-state index contributed by atoms with van der Waals surface area (Å²) in [5, 5.41) is 3.03. The van der Waals surface area contributed by atoms with Gasteiger partial charge in [-0.25, -0.2) is 0 Å². The van der Waals surface area contributed by atoms with Crippen molar-refractivity contribution in [3.63, 3.8) is 0 Å². The minimum absolute atomic E-state index is 0.0100. The minimum atomic E-state index is -4.14. The Labute approximate surface area is 288 Å². The molecule has 1 amide bonds. The largest absolute Gasteiger partial charge is 0.493 e. The lowest BCUT2D eigenvalue weighted by Gasteiger charge is -2.35. The number of aliphatic imine (C=N–C) groups is 1. The summed E-state index contributed by atoms with van der Waals surface area (Å²) in [4.78, 5) is 18.6. The number of nitrogens with zero attached hydrogens (tertiary/aromatic N) is 2. The number of carbonyl (C=O) groups excluding carboxylic acids is 1. The van der Waals surface area contributed by atoms with Crippen LogP contribution in [0.15, 0.2) is 72.9 Å². The van der Waals surface area contributed by atoms with Gasteiger partial charge in [0.15, 0.2) is 0 Å². The second-order valence-corrected chi connectivity index (χ2v) is 11.9. The van der Waals surface area contributed by atoms with E-state index in [1.807, 2.05) is 64.1 Å². The normalized spacial score (nSPS) is 16.6. The van der Waals surface area contributed by atoms with Gasteiger partial charge in [0.1, 0.15) is 5.75 Å². The van der Waals surface area contributed by atoms with Gasteiger partial charge >= 0.3 is 6.18 Å². The number of aryl methyl sites for hydroxylation is 1. The Morgan fingerprint density at radius 2 is 1.67 bits per heavy atom. The smallest absolute Gasteiger partial charge is 0.393 e. The molecule has 0 spiro atoms. The molecule has 2 aromatic rings. The quantitative estimate of drug-likeness (QED) is 0.138. The number of nitrogens with one attached hydrogen (secondary N) is 1. The zero-order chi connectivity index (χ0) is 36.8. The van der Waals surface area contributed by atoms with Crippen molar-refractivity contribution < 1.29 is 27.4 Å². The molecule has 48 heavy (non-hydrogen) atoms. The number of ether oxygens (including phenoxy) is 2. The maximum atomic E-state index is 12.7. The molecule has 1 N–H and O–H groups in total. The lowest BCUT2D eigenvalue weighted by molar-refractivity contribution is -0.120. The molecule has 1 saturated heterocycles. The van der Waals surface area contributed by atoms with E-state index >= 15 is 0 Å². The first kappa shape index (κ1) is 44.6. The van der Waals surface area contributed by atoms with Gasteiger partial charge in [0.25, 0.3) is 5.91 Å². The predicted octanol–water partition coefficient (Wildman–Crippen LogP) is 10.6. The average molecular weight is 676 g/mol. The maximum Gasteiger partial charge on any atom is 0.393 e. The molecule has 1 aliphatic heterocycles. The Morgan fingerprint density at radius 3 is 2.21 bits per heavy atom. The third kappa shape index (κ3) is 18.2. The van der Waals surface area contributed by atoms with Crippen LogP contribution in [0.25, 0.3) is 0 Å². The van der Waals surface area contributed by atoms with Gasteiger partial charge in [-0.15, -0.1) is 13.2 Å². The van der Waals surface area contributed by atoms with Crippen LogP contribution in [0, 0.1) is 6.92 Å². The Balaban J connectivity index is 0.00000124. The van der Waals surface area contributed by atoms with Crippen molar-refractivity contribution in [2.24, 2.45) is 4.99 Å². The Hall–Kier alpha value is -3.43. The minimum Gasteiger partial charge on any atom is -0.493 e. The van der Waals surface area contributed by atoms with Crippen LogP contribution in [0.4, 0.5) is 18.9 Å². The fraction of sp³-hybridized carbons (Fsp3) is 0.538. The first-order valence-corrected chi connectivity index (χ1v) is 17.0. The lowest BCUT2D eigenvalue weighted by atomic mass is 9.81. The summed E-state index contributed by atoms with van der Waals surface area (Å²) in [6.07, 6.45) is 2.10. The van der Waals surface area contributed by atoms with Crippen molar-refractivity contribution in [2.45, 2.75) is 112 Å². The van der Waals surface area contributed by atoms with E-state index in [0.29, 0.717) is 12.2 Å². The number of anilines is 1. The molecule has 9 heteroatoms. The van der Waals surface area contributed by atoms with Gasteiger partial charge < -0.3 is 14.8 Å². The van der Waals surface area contributed by atoms with E-state index in [4.69, 9.17) is 9.47 Å². The number of carbonyl (C=O) groups is 1. The van der Waals surface area contributed by atoms with E-state index in [1.54, 1.807) is 6.08 Å². The molecule has 0 radical (unpaired) electrons. The van der Waals surface area contributed by atoms with E-state index in [1.165, 1.54) is 11.8 Å². The van der Waals surface area contributed by atoms with Gasteiger partial charge in [-0.05, 0) is 69.2 Å². The van der Waals surface area contributed by atoms with Gasteiger partial charge in [-0.2, -0.15) is 13.2 Å². The number of hydrogen-bond donors (Lipinski definition) is 1. The van der Waals surface area contributed by atoms with Crippen molar-refractivity contribution in [3.8, 4) is 5.75 Å². The van der Waals surface area contributed by atoms with Crippen LogP contribution in [-0.4, -0.2) is 61.6 Å². The summed E-state index contributed by atoms with van der Waals surface area (Å²) in [5.74, 6) is 0.742. The molecular weight excluding hydrogens is 615 g/mol. The Morgan fingerprint density at radius 1 is 1.06 bits per heavy atom. The van der Waals surface area contributed by atoms with Gasteiger partial charge in [-0.3, -0.25) is 14.7 Å². The van der Waals surface area contributed by atoms with Crippen molar-refractivity contribution in [1.29, 1.82) is 0 Å². The third-order valence-corrected chi connectivity index (χ3v) is 7.39. The number of amides is 1. The number of benzene rings is 2. The molecule has 270 valence electrons. The molecule has 0 aromatic heterocycles. The Kier molecular flexibility index (Phi) is 22.1. The van der Waals surface area contributed by atoms with E-state index < -0.39 is 12.6 Å². The van der Waals surface area contributed by atoms with Gasteiger partial charge in [0.05, 0.1) is 25.2 Å². The van der Waals surface area contributed by atoms with Crippen LogP contribution in [0.2, 0.25) is 0 Å². The zero-order valence-electron chi connectivity index (χ0n) is 30.8. The molecule has 0 aliphatic carbocycles. The van der Waals surface area contributed by atoms with Crippen molar-refractivity contribution in [2.75, 3.05) is 31.6 Å². The summed E-state index contributed by atoms with van der Waals surface area (Å²) >= 11 is 0. The molecule has 1 aliphatic rings. The first-order valence-electron chi connectivity index (χ1n) is 17.0. The molecule has 2 unspecified atom stereocenters.